The molecule has 0 spiro atoms. The molecule has 54 valence electrons. The predicted molar refractivity (Wildman–Crippen MR) is 38.4 cm³/mol. The van der Waals surface area contributed by atoms with Crippen LogP contribution in [0.15, 0.2) is 0 Å². The highest BCUT2D eigenvalue weighted by atomic mass is 16.5. The summed E-state index contributed by atoms with van der Waals surface area (Å²) >= 11 is 0. The fourth-order valence-corrected chi connectivity index (χ4v) is 1.31. The van der Waals surface area contributed by atoms with Gasteiger partial charge >= 0.3 is 0 Å². The van der Waals surface area contributed by atoms with Crippen molar-refractivity contribution in [1.29, 1.82) is 0 Å². The number of rotatable bonds is 1. The average molecular weight is 128 g/mol. The molecular weight excluding hydrogens is 112 g/mol. The van der Waals surface area contributed by atoms with Crippen LogP contribution in [0.4, 0.5) is 0 Å². The van der Waals surface area contributed by atoms with Gasteiger partial charge in [-0.25, -0.2) is 0 Å². The molecule has 0 aromatic heterocycles. The third-order valence-electron chi connectivity index (χ3n) is 2.17. The molecule has 1 aliphatic rings. The zero-order chi connectivity index (χ0) is 6.85. The number of ether oxygens (including phenoxy) is 1. The summed E-state index contributed by atoms with van der Waals surface area (Å²) in [6, 6.07) is 0. The van der Waals surface area contributed by atoms with Gasteiger partial charge in [-0.15, -0.1) is 0 Å². The fraction of sp³-hybridized carbons (Fsp3) is 1.00. The summed E-state index contributed by atoms with van der Waals surface area (Å²) in [7, 11) is 0. The highest BCUT2D eigenvalue weighted by Gasteiger charge is 2.23. The van der Waals surface area contributed by atoms with E-state index in [4.69, 9.17) is 4.74 Å². The van der Waals surface area contributed by atoms with E-state index in [0.29, 0.717) is 6.10 Å². The molecule has 0 amide bonds. The molecule has 0 radical (unpaired) electrons. The number of hydrogen-bond acceptors (Lipinski definition) is 1. The lowest BCUT2D eigenvalue weighted by Crippen LogP contribution is -2.07. The molecule has 0 aromatic carbocycles. The number of hydrogen-bond donors (Lipinski definition) is 0. The van der Waals surface area contributed by atoms with Crippen LogP contribution in [-0.2, 0) is 4.74 Å². The molecule has 0 N–H and O–H groups in total. The van der Waals surface area contributed by atoms with Crippen LogP contribution in [0, 0.1) is 11.8 Å². The van der Waals surface area contributed by atoms with Gasteiger partial charge in [0.1, 0.15) is 0 Å². The van der Waals surface area contributed by atoms with Crippen LogP contribution in [-0.4, -0.2) is 12.7 Å². The second-order valence-corrected chi connectivity index (χ2v) is 3.38. The molecule has 1 fully saturated rings. The van der Waals surface area contributed by atoms with Crippen LogP contribution >= 0.6 is 0 Å². The lowest BCUT2D eigenvalue weighted by Gasteiger charge is -2.10. The van der Waals surface area contributed by atoms with Crippen molar-refractivity contribution >= 4 is 0 Å². The Morgan fingerprint density at radius 1 is 1.44 bits per heavy atom. The normalized spacial score (nSPS) is 36.0. The van der Waals surface area contributed by atoms with Crippen molar-refractivity contribution in [3.05, 3.63) is 0 Å². The summed E-state index contributed by atoms with van der Waals surface area (Å²) in [6.45, 7) is 7.68. The molecule has 0 bridgehead atoms. The van der Waals surface area contributed by atoms with Gasteiger partial charge in [0.25, 0.3) is 0 Å². The van der Waals surface area contributed by atoms with Gasteiger partial charge < -0.3 is 4.74 Å². The molecule has 1 rings (SSSR count). The summed E-state index contributed by atoms with van der Waals surface area (Å²) in [6.07, 6.45) is 1.77. The summed E-state index contributed by atoms with van der Waals surface area (Å²) in [5.41, 5.74) is 0. The van der Waals surface area contributed by atoms with Gasteiger partial charge in [-0.2, -0.15) is 0 Å². The lowest BCUT2D eigenvalue weighted by molar-refractivity contribution is 0.116. The Labute approximate surface area is 57.4 Å². The van der Waals surface area contributed by atoms with Gasteiger partial charge in [0.2, 0.25) is 0 Å². The molecule has 0 saturated carbocycles. The third-order valence-corrected chi connectivity index (χ3v) is 2.17. The van der Waals surface area contributed by atoms with E-state index in [-0.39, 0.29) is 0 Å². The minimum absolute atomic E-state index is 0.511. The molecule has 0 aromatic rings. The molecule has 1 heteroatoms. The van der Waals surface area contributed by atoms with E-state index in [1.54, 1.807) is 0 Å². The van der Waals surface area contributed by atoms with Crippen molar-refractivity contribution in [3.8, 4) is 0 Å². The largest absolute Gasteiger partial charge is 0.378 e. The van der Waals surface area contributed by atoms with Crippen LogP contribution in [0.25, 0.3) is 0 Å². The van der Waals surface area contributed by atoms with Gasteiger partial charge in [-0.3, -0.25) is 0 Å². The molecule has 2 atom stereocenters. The first-order chi connectivity index (χ1) is 4.20. The lowest BCUT2D eigenvalue weighted by atomic mass is 9.94. The van der Waals surface area contributed by atoms with Crippen molar-refractivity contribution in [2.24, 2.45) is 11.8 Å². The van der Waals surface area contributed by atoms with E-state index >= 15 is 0 Å². The molecule has 1 aliphatic heterocycles. The maximum Gasteiger partial charge on any atom is 0.0550 e. The smallest absolute Gasteiger partial charge is 0.0550 e. The summed E-state index contributed by atoms with van der Waals surface area (Å²) in [4.78, 5) is 0. The topological polar surface area (TPSA) is 9.23 Å². The predicted octanol–water partition coefficient (Wildman–Crippen LogP) is 2.07. The zero-order valence-electron chi connectivity index (χ0n) is 6.55. The third kappa shape index (κ3) is 1.68. The van der Waals surface area contributed by atoms with Crippen molar-refractivity contribution < 1.29 is 4.74 Å². The van der Waals surface area contributed by atoms with Crippen molar-refractivity contribution in [3.63, 3.8) is 0 Å². The van der Waals surface area contributed by atoms with Crippen LogP contribution in [0.3, 0.4) is 0 Å². The molecule has 1 unspecified atom stereocenters. The molecule has 1 nitrogen and oxygen atoms in total. The first-order valence-electron chi connectivity index (χ1n) is 3.81. The Morgan fingerprint density at radius 3 is 2.33 bits per heavy atom. The minimum atomic E-state index is 0.511. The second kappa shape index (κ2) is 2.70. The van der Waals surface area contributed by atoms with E-state index < -0.39 is 0 Å². The molecule has 0 aliphatic carbocycles. The maximum atomic E-state index is 5.43. The van der Waals surface area contributed by atoms with E-state index in [2.05, 4.69) is 20.8 Å². The van der Waals surface area contributed by atoms with E-state index in [1.807, 2.05) is 0 Å². The fourth-order valence-electron chi connectivity index (χ4n) is 1.31. The van der Waals surface area contributed by atoms with Gasteiger partial charge in [0.05, 0.1) is 12.7 Å². The maximum absolute atomic E-state index is 5.43. The van der Waals surface area contributed by atoms with Gasteiger partial charge in [0, 0.05) is 0 Å². The van der Waals surface area contributed by atoms with Crippen LogP contribution in [0.2, 0.25) is 0 Å². The van der Waals surface area contributed by atoms with Crippen LogP contribution in [0.5, 0.6) is 0 Å². The summed E-state index contributed by atoms with van der Waals surface area (Å²) in [5.74, 6) is 1.62. The van der Waals surface area contributed by atoms with Crippen molar-refractivity contribution in [2.75, 3.05) is 6.61 Å². The Hall–Kier alpha value is -0.0400. The quantitative estimate of drug-likeness (QED) is 0.525. The highest BCUT2D eigenvalue weighted by Crippen LogP contribution is 2.25. The van der Waals surface area contributed by atoms with Crippen molar-refractivity contribution in [2.45, 2.75) is 33.3 Å². The minimum Gasteiger partial charge on any atom is -0.378 e. The van der Waals surface area contributed by atoms with E-state index in [9.17, 15) is 0 Å². The molecule has 1 heterocycles. The first-order valence-corrected chi connectivity index (χ1v) is 3.81. The SMILES string of the molecule is CC(C)C1CO[C@H](C)C1. The van der Waals surface area contributed by atoms with Crippen LogP contribution in [0.1, 0.15) is 27.2 Å². The summed E-state index contributed by atoms with van der Waals surface area (Å²) in [5, 5.41) is 0. The highest BCUT2D eigenvalue weighted by molar-refractivity contribution is 4.72. The summed E-state index contributed by atoms with van der Waals surface area (Å²) < 4.78 is 5.43. The Morgan fingerprint density at radius 2 is 2.11 bits per heavy atom. The van der Waals surface area contributed by atoms with E-state index in [1.165, 1.54) is 6.42 Å². The van der Waals surface area contributed by atoms with Crippen LogP contribution < -0.4 is 0 Å². The first kappa shape index (κ1) is 7.07. The molecular formula is C8H16O. The van der Waals surface area contributed by atoms with Gasteiger partial charge in [0.15, 0.2) is 0 Å². The van der Waals surface area contributed by atoms with Crippen molar-refractivity contribution in [1.82, 2.24) is 0 Å². The monoisotopic (exact) mass is 128 g/mol. The Kier molecular flexibility index (Phi) is 2.12. The average Bonchev–Trinajstić information content (AvgIpc) is 2.14. The Balaban J connectivity index is 2.30. The zero-order valence-corrected chi connectivity index (χ0v) is 6.55. The van der Waals surface area contributed by atoms with Gasteiger partial charge in [-0.1, -0.05) is 13.8 Å². The molecule has 1 saturated heterocycles. The standard InChI is InChI=1S/C8H16O/c1-6(2)8-4-7(3)9-5-8/h6-8H,4-5H2,1-3H3/t7-,8?/m1/s1. The Bertz CT molecular complexity index is 88.6. The van der Waals surface area contributed by atoms with Gasteiger partial charge in [-0.05, 0) is 25.2 Å². The second-order valence-electron chi connectivity index (χ2n) is 3.38. The van der Waals surface area contributed by atoms with E-state index in [0.717, 1.165) is 18.4 Å². The molecule has 9 heavy (non-hydrogen) atoms.